The van der Waals surface area contributed by atoms with E-state index >= 15 is 0 Å². The fraction of sp³-hybridized carbons (Fsp3) is 0.588. The Kier molecular flexibility index (Phi) is 3.74. The minimum atomic E-state index is -0.390. The van der Waals surface area contributed by atoms with E-state index < -0.39 is 5.54 Å². The van der Waals surface area contributed by atoms with Gasteiger partial charge >= 0.3 is 0 Å². The Balaban J connectivity index is 1.67. The molecule has 4 heteroatoms. The standard InChI is InChI=1S/C17H23ClN2O/c1-16(2,12-4-3-5-13(18)10-12)20-15(21)14-11-17(14)6-8-19-9-7-17/h3-5,10,14,19H,6-9,11H2,1-2H3,(H,20,21). The summed E-state index contributed by atoms with van der Waals surface area (Å²) in [6, 6.07) is 7.72. The summed E-state index contributed by atoms with van der Waals surface area (Å²) in [5.74, 6) is 0.389. The largest absolute Gasteiger partial charge is 0.347 e. The van der Waals surface area contributed by atoms with E-state index in [1.807, 2.05) is 38.1 Å². The van der Waals surface area contributed by atoms with E-state index in [-0.39, 0.29) is 17.2 Å². The Bertz CT molecular complexity index is 549. The highest BCUT2D eigenvalue weighted by Gasteiger charge is 2.58. The molecule has 21 heavy (non-hydrogen) atoms. The summed E-state index contributed by atoms with van der Waals surface area (Å²) in [4.78, 5) is 12.6. The molecule has 1 unspecified atom stereocenters. The van der Waals surface area contributed by atoms with Crippen molar-refractivity contribution in [2.75, 3.05) is 13.1 Å². The van der Waals surface area contributed by atoms with Crippen LogP contribution in [0.15, 0.2) is 24.3 Å². The van der Waals surface area contributed by atoms with Crippen molar-refractivity contribution in [2.24, 2.45) is 11.3 Å². The highest BCUT2D eigenvalue weighted by molar-refractivity contribution is 6.30. The Morgan fingerprint density at radius 1 is 1.38 bits per heavy atom. The fourth-order valence-corrected chi connectivity index (χ4v) is 3.73. The van der Waals surface area contributed by atoms with Crippen LogP contribution in [0, 0.1) is 11.3 Å². The first-order valence-electron chi connectivity index (χ1n) is 7.72. The number of halogens is 1. The molecular weight excluding hydrogens is 284 g/mol. The van der Waals surface area contributed by atoms with Crippen LogP contribution < -0.4 is 10.6 Å². The summed E-state index contributed by atoms with van der Waals surface area (Å²) < 4.78 is 0. The molecule has 1 aliphatic heterocycles. The summed E-state index contributed by atoms with van der Waals surface area (Å²) in [5, 5.41) is 7.29. The number of nitrogens with one attached hydrogen (secondary N) is 2. The zero-order valence-electron chi connectivity index (χ0n) is 12.7. The summed E-state index contributed by atoms with van der Waals surface area (Å²) in [7, 11) is 0. The van der Waals surface area contributed by atoms with E-state index in [4.69, 9.17) is 11.6 Å². The Hall–Kier alpha value is -1.06. The van der Waals surface area contributed by atoms with Crippen LogP contribution in [0.4, 0.5) is 0 Å². The van der Waals surface area contributed by atoms with Crippen LogP contribution in [0.2, 0.25) is 5.02 Å². The van der Waals surface area contributed by atoms with E-state index in [0.717, 1.165) is 37.9 Å². The van der Waals surface area contributed by atoms with Crippen LogP contribution in [0.25, 0.3) is 0 Å². The van der Waals surface area contributed by atoms with Gasteiger partial charge < -0.3 is 10.6 Å². The smallest absolute Gasteiger partial charge is 0.224 e. The Morgan fingerprint density at radius 3 is 2.76 bits per heavy atom. The van der Waals surface area contributed by atoms with E-state index in [0.29, 0.717) is 5.02 Å². The summed E-state index contributed by atoms with van der Waals surface area (Å²) in [5.41, 5.74) is 0.932. The van der Waals surface area contributed by atoms with Crippen LogP contribution in [-0.2, 0) is 10.3 Å². The van der Waals surface area contributed by atoms with Gasteiger partial charge in [0.15, 0.2) is 0 Å². The molecule has 1 saturated heterocycles. The summed E-state index contributed by atoms with van der Waals surface area (Å²) in [6.45, 7) is 6.16. The number of rotatable bonds is 3. The van der Waals surface area contributed by atoms with Gasteiger partial charge in [0.25, 0.3) is 0 Å². The second-order valence-corrected chi connectivity index (χ2v) is 7.43. The SMILES string of the molecule is CC(C)(NC(=O)C1CC12CCNCC2)c1cccc(Cl)c1. The highest BCUT2D eigenvalue weighted by atomic mass is 35.5. The maximum Gasteiger partial charge on any atom is 0.224 e. The second-order valence-electron chi connectivity index (χ2n) is 6.99. The average Bonchev–Trinajstić information content (AvgIpc) is 3.13. The first kappa shape index (κ1) is 14.9. The van der Waals surface area contributed by atoms with Gasteiger partial charge in [-0.05, 0) is 69.3 Å². The third-order valence-corrected chi connectivity index (χ3v) is 5.32. The number of amides is 1. The van der Waals surface area contributed by atoms with E-state index in [9.17, 15) is 4.79 Å². The topological polar surface area (TPSA) is 41.1 Å². The molecule has 3 rings (SSSR count). The Labute approximate surface area is 131 Å². The van der Waals surface area contributed by atoms with Crippen LogP contribution in [0.1, 0.15) is 38.7 Å². The van der Waals surface area contributed by atoms with Gasteiger partial charge in [-0.15, -0.1) is 0 Å². The minimum absolute atomic E-state index is 0.193. The molecule has 1 aromatic rings. The number of carbonyl (C=O) groups excluding carboxylic acids is 1. The van der Waals surface area contributed by atoms with Gasteiger partial charge in [-0.1, -0.05) is 23.7 Å². The molecule has 1 heterocycles. The van der Waals surface area contributed by atoms with Gasteiger partial charge in [0.2, 0.25) is 5.91 Å². The average molecular weight is 307 g/mol. The van der Waals surface area contributed by atoms with Crippen molar-refractivity contribution in [3.63, 3.8) is 0 Å². The van der Waals surface area contributed by atoms with Gasteiger partial charge in [-0.2, -0.15) is 0 Å². The molecule has 1 atom stereocenters. The normalized spacial score (nSPS) is 23.9. The number of hydrogen-bond acceptors (Lipinski definition) is 2. The van der Waals surface area contributed by atoms with Crippen LogP contribution >= 0.6 is 11.6 Å². The van der Waals surface area contributed by atoms with Crippen molar-refractivity contribution >= 4 is 17.5 Å². The number of piperidine rings is 1. The van der Waals surface area contributed by atoms with Crippen molar-refractivity contribution in [3.05, 3.63) is 34.9 Å². The molecule has 1 aliphatic carbocycles. The van der Waals surface area contributed by atoms with Crippen molar-refractivity contribution in [1.82, 2.24) is 10.6 Å². The molecule has 2 fully saturated rings. The molecule has 1 aromatic carbocycles. The monoisotopic (exact) mass is 306 g/mol. The van der Waals surface area contributed by atoms with Gasteiger partial charge in [-0.25, -0.2) is 0 Å². The molecule has 1 spiro atoms. The van der Waals surface area contributed by atoms with E-state index in [1.165, 1.54) is 0 Å². The zero-order chi connectivity index (χ0) is 15.1. The van der Waals surface area contributed by atoms with E-state index in [2.05, 4.69) is 10.6 Å². The lowest BCUT2D eigenvalue weighted by atomic mass is 9.90. The molecule has 114 valence electrons. The molecule has 2 N–H and O–H groups in total. The summed E-state index contributed by atoms with van der Waals surface area (Å²) >= 11 is 6.06. The van der Waals surface area contributed by atoms with Gasteiger partial charge in [-0.3, -0.25) is 4.79 Å². The van der Waals surface area contributed by atoms with Crippen LogP contribution in [0.3, 0.4) is 0 Å². The van der Waals surface area contributed by atoms with Crippen molar-refractivity contribution < 1.29 is 4.79 Å². The van der Waals surface area contributed by atoms with Crippen LogP contribution in [-0.4, -0.2) is 19.0 Å². The molecular formula is C17H23ClN2O. The molecule has 3 nitrogen and oxygen atoms in total. The number of hydrogen-bond donors (Lipinski definition) is 2. The maximum atomic E-state index is 12.6. The number of carbonyl (C=O) groups is 1. The minimum Gasteiger partial charge on any atom is -0.347 e. The van der Waals surface area contributed by atoms with E-state index in [1.54, 1.807) is 0 Å². The molecule has 2 aliphatic rings. The quantitative estimate of drug-likeness (QED) is 0.901. The third-order valence-electron chi connectivity index (χ3n) is 5.09. The first-order chi connectivity index (χ1) is 9.93. The maximum absolute atomic E-state index is 12.6. The molecule has 1 saturated carbocycles. The zero-order valence-corrected chi connectivity index (χ0v) is 13.5. The highest BCUT2D eigenvalue weighted by Crippen LogP contribution is 2.58. The lowest BCUT2D eigenvalue weighted by Crippen LogP contribution is -2.43. The fourth-order valence-electron chi connectivity index (χ4n) is 3.54. The van der Waals surface area contributed by atoms with Gasteiger partial charge in [0.1, 0.15) is 0 Å². The van der Waals surface area contributed by atoms with Crippen molar-refractivity contribution in [1.29, 1.82) is 0 Å². The van der Waals surface area contributed by atoms with Gasteiger partial charge in [0.05, 0.1) is 5.54 Å². The predicted octanol–water partition coefficient (Wildman–Crippen LogP) is 3.08. The van der Waals surface area contributed by atoms with Crippen molar-refractivity contribution in [2.45, 2.75) is 38.6 Å². The first-order valence-corrected chi connectivity index (χ1v) is 8.10. The van der Waals surface area contributed by atoms with Crippen LogP contribution in [0.5, 0.6) is 0 Å². The third kappa shape index (κ3) is 2.95. The van der Waals surface area contributed by atoms with Crippen molar-refractivity contribution in [3.8, 4) is 0 Å². The summed E-state index contributed by atoms with van der Waals surface area (Å²) in [6.07, 6.45) is 3.30. The molecule has 0 bridgehead atoms. The lowest BCUT2D eigenvalue weighted by Gasteiger charge is -2.29. The predicted molar refractivity (Wildman–Crippen MR) is 85.3 cm³/mol. The number of benzene rings is 1. The van der Waals surface area contributed by atoms with Gasteiger partial charge in [0, 0.05) is 10.9 Å². The molecule has 1 amide bonds. The second kappa shape index (κ2) is 5.29. The molecule has 0 aromatic heterocycles. The Morgan fingerprint density at radius 2 is 2.10 bits per heavy atom. The lowest BCUT2D eigenvalue weighted by molar-refractivity contribution is -0.125. The molecule has 0 radical (unpaired) electrons.